The summed E-state index contributed by atoms with van der Waals surface area (Å²) in [5.41, 5.74) is 0.0224. The highest BCUT2D eigenvalue weighted by molar-refractivity contribution is 7.90. The molecule has 1 atom stereocenters. The van der Waals surface area contributed by atoms with Gasteiger partial charge in [-0.3, -0.25) is 0 Å². The fraction of sp³-hybridized carbons (Fsp3) is 0.455. The smallest absolute Gasteiger partial charge is 0.212 e. The van der Waals surface area contributed by atoms with Crippen molar-refractivity contribution in [3.05, 3.63) is 35.4 Å². The van der Waals surface area contributed by atoms with E-state index in [4.69, 9.17) is 0 Å². The summed E-state index contributed by atoms with van der Waals surface area (Å²) in [6, 6.07) is 2.96. The normalized spacial score (nSPS) is 18.1. The van der Waals surface area contributed by atoms with Gasteiger partial charge in [0.05, 0.1) is 5.25 Å². The Morgan fingerprint density at radius 2 is 2.00 bits per heavy atom. The molecule has 2 rings (SSSR count). The van der Waals surface area contributed by atoms with Crippen LogP contribution in [0, 0.1) is 11.6 Å². The van der Waals surface area contributed by atoms with Gasteiger partial charge in [-0.15, -0.1) is 0 Å². The Balaban J connectivity index is 2.20. The third-order valence-corrected chi connectivity index (χ3v) is 4.78. The molecule has 0 spiro atoms. The van der Waals surface area contributed by atoms with E-state index in [2.05, 4.69) is 4.72 Å². The van der Waals surface area contributed by atoms with Gasteiger partial charge in [0.2, 0.25) is 10.0 Å². The zero-order valence-corrected chi connectivity index (χ0v) is 10.1. The summed E-state index contributed by atoms with van der Waals surface area (Å²) in [4.78, 5) is 0. The molecular formula is C11H13F2NO2S. The average molecular weight is 261 g/mol. The van der Waals surface area contributed by atoms with Crippen LogP contribution in [0.15, 0.2) is 18.2 Å². The molecule has 0 bridgehead atoms. The summed E-state index contributed by atoms with van der Waals surface area (Å²) in [7, 11) is -3.40. The van der Waals surface area contributed by atoms with E-state index < -0.39 is 27.7 Å². The van der Waals surface area contributed by atoms with Crippen LogP contribution in [0.5, 0.6) is 0 Å². The van der Waals surface area contributed by atoms with Gasteiger partial charge >= 0.3 is 0 Å². The molecule has 0 unspecified atom stereocenters. The van der Waals surface area contributed by atoms with Crippen molar-refractivity contribution >= 4 is 10.0 Å². The fourth-order valence-electron chi connectivity index (χ4n) is 1.64. The third kappa shape index (κ3) is 2.63. The molecule has 0 amide bonds. The van der Waals surface area contributed by atoms with Crippen LogP contribution in [-0.2, 0) is 10.0 Å². The molecule has 0 aromatic heterocycles. The highest BCUT2D eigenvalue weighted by Gasteiger charge is 2.36. The molecule has 17 heavy (non-hydrogen) atoms. The Hall–Kier alpha value is -1.01. The van der Waals surface area contributed by atoms with E-state index in [1.165, 1.54) is 19.1 Å². The van der Waals surface area contributed by atoms with Gasteiger partial charge in [0, 0.05) is 11.6 Å². The summed E-state index contributed by atoms with van der Waals surface area (Å²) in [6.07, 6.45) is 1.27. The predicted molar refractivity (Wildman–Crippen MR) is 59.9 cm³/mol. The summed E-state index contributed by atoms with van der Waals surface area (Å²) in [6.45, 7) is 1.50. The van der Waals surface area contributed by atoms with E-state index in [9.17, 15) is 17.2 Å². The van der Waals surface area contributed by atoms with Crippen molar-refractivity contribution in [1.82, 2.24) is 4.72 Å². The second-order valence-corrected chi connectivity index (χ2v) is 6.22. The molecule has 1 aromatic carbocycles. The SMILES string of the molecule is C[C@@H](NS(=O)(=O)C1CC1)c1cccc(F)c1F. The number of sulfonamides is 1. The van der Waals surface area contributed by atoms with Crippen molar-refractivity contribution < 1.29 is 17.2 Å². The monoisotopic (exact) mass is 261 g/mol. The summed E-state index contributed by atoms with van der Waals surface area (Å²) in [5, 5.41) is -0.374. The fourth-order valence-corrected chi connectivity index (χ4v) is 3.21. The maximum Gasteiger partial charge on any atom is 0.215 e. The topological polar surface area (TPSA) is 46.2 Å². The Kier molecular flexibility index (Phi) is 3.18. The first-order chi connectivity index (χ1) is 7.92. The molecule has 3 nitrogen and oxygen atoms in total. The third-order valence-electron chi connectivity index (χ3n) is 2.75. The van der Waals surface area contributed by atoms with Crippen molar-refractivity contribution in [3.63, 3.8) is 0 Å². The second-order valence-electron chi connectivity index (χ2n) is 4.23. The van der Waals surface area contributed by atoms with Gasteiger partial charge in [-0.25, -0.2) is 21.9 Å². The summed E-state index contributed by atoms with van der Waals surface area (Å²) < 4.78 is 52.1. The van der Waals surface area contributed by atoms with Crippen LogP contribution in [0.4, 0.5) is 8.78 Å². The highest BCUT2D eigenvalue weighted by atomic mass is 32.2. The molecule has 0 heterocycles. The van der Waals surface area contributed by atoms with Crippen LogP contribution in [0.3, 0.4) is 0 Å². The molecular weight excluding hydrogens is 248 g/mol. The number of rotatable bonds is 4. The minimum Gasteiger partial charge on any atom is -0.212 e. The quantitative estimate of drug-likeness (QED) is 0.902. The minimum atomic E-state index is -3.40. The van der Waals surface area contributed by atoms with Crippen molar-refractivity contribution in [2.24, 2.45) is 0 Å². The van der Waals surface area contributed by atoms with Crippen molar-refractivity contribution in [3.8, 4) is 0 Å². The number of nitrogens with one attached hydrogen (secondary N) is 1. The minimum absolute atomic E-state index is 0.0224. The zero-order valence-electron chi connectivity index (χ0n) is 9.28. The maximum absolute atomic E-state index is 13.4. The van der Waals surface area contributed by atoms with Gasteiger partial charge in [0.25, 0.3) is 0 Å². The highest BCUT2D eigenvalue weighted by Crippen LogP contribution is 2.29. The Labute approximate surface area is 98.9 Å². The molecule has 1 aromatic rings. The standard InChI is InChI=1S/C11H13F2NO2S/c1-7(14-17(15,16)8-5-6-8)9-3-2-4-10(12)11(9)13/h2-4,7-8,14H,5-6H2,1H3/t7-/m1/s1. The van der Waals surface area contributed by atoms with Crippen LogP contribution in [-0.4, -0.2) is 13.7 Å². The molecule has 1 N–H and O–H groups in total. The van der Waals surface area contributed by atoms with Crippen molar-refractivity contribution in [2.45, 2.75) is 31.1 Å². The van der Waals surface area contributed by atoms with Gasteiger partial charge < -0.3 is 0 Å². The van der Waals surface area contributed by atoms with Crippen LogP contribution in [0.1, 0.15) is 31.4 Å². The predicted octanol–water partition coefficient (Wildman–Crippen LogP) is 2.11. The van der Waals surface area contributed by atoms with E-state index in [1.807, 2.05) is 0 Å². The van der Waals surface area contributed by atoms with Crippen LogP contribution >= 0.6 is 0 Å². The first-order valence-corrected chi connectivity index (χ1v) is 6.91. The van der Waals surface area contributed by atoms with E-state index >= 15 is 0 Å². The van der Waals surface area contributed by atoms with Crippen LogP contribution in [0.25, 0.3) is 0 Å². The molecule has 0 radical (unpaired) electrons. The molecule has 1 aliphatic rings. The molecule has 6 heteroatoms. The first kappa shape index (κ1) is 12.4. The van der Waals surface area contributed by atoms with E-state index in [-0.39, 0.29) is 10.8 Å². The average Bonchev–Trinajstić information content (AvgIpc) is 3.04. The van der Waals surface area contributed by atoms with Gasteiger partial charge in [0.1, 0.15) is 0 Å². The molecule has 94 valence electrons. The summed E-state index contributed by atoms with van der Waals surface area (Å²) >= 11 is 0. The van der Waals surface area contributed by atoms with Gasteiger partial charge in [0.15, 0.2) is 11.6 Å². The number of halogens is 2. The summed E-state index contributed by atoms with van der Waals surface area (Å²) in [5.74, 6) is -1.97. The van der Waals surface area contributed by atoms with Crippen LogP contribution < -0.4 is 4.72 Å². The zero-order chi connectivity index (χ0) is 12.6. The van der Waals surface area contributed by atoms with Gasteiger partial charge in [-0.2, -0.15) is 0 Å². The largest absolute Gasteiger partial charge is 0.215 e. The van der Waals surface area contributed by atoms with Crippen molar-refractivity contribution in [2.75, 3.05) is 0 Å². The van der Waals surface area contributed by atoms with E-state index in [1.54, 1.807) is 0 Å². The molecule has 1 aliphatic carbocycles. The van der Waals surface area contributed by atoms with Crippen LogP contribution in [0.2, 0.25) is 0 Å². The lowest BCUT2D eigenvalue weighted by molar-refractivity contribution is 0.485. The maximum atomic E-state index is 13.4. The lowest BCUT2D eigenvalue weighted by atomic mass is 10.1. The van der Waals surface area contributed by atoms with Gasteiger partial charge in [-0.1, -0.05) is 12.1 Å². The molecule has 0 aliphatic heterocycles. The lowest BCUT2D eigenvalue weighted by Gasteiger charge is -2.15. The number of benzene rings is 1. The Morgan fingerprint density at radius 3 is 2.59 bits per heavy atom. The van der Waals surface area contributed by atoms with E-state index in [0.717, 1.165) is 6.07 Å². The lowest BCUT2D eigenvalue weighted by Crippen LogP contribution is -2.30. The Morgan fingerprint density at radius 1 is 1.35 bits per heavy atom. The van der Waals surface area contributed by atoms with Gasteiger partial charge in [-0.05, 0) is 25.8 Å². The molecule has 1 saturated carbocycles. The molecule has 1 fully saturated rings. The Bertz CT molecular complexity index is 526. The second kappa shape index (κ2) is 4.34. The number of hydrogen-bond donors (Lipinski definition) is 1. The first-order valence-electron chi connectivity index (χ1n) is 5.37. The number of hydrogen-bond acceptors (Lipinski definition) is 2. The van der Waals surface area contributed by atoms with E-state index in [0.29, 0.717) is 12.8 Å². The molecule has 0 saturated heterocycles. The van der Waals surface area contributed by atoms with Crippen molar-refractivity contribution in [1.29, 1.82) is 0 Å².